The van der Waals surface area contributed by atoms with Crippen molar-refractivity contribution in [2.24, 2.45) is 4.99 Å². The molecule has 0 amide bonds. The third-order valence-electron chi connectivity index (χ3n) is 4.65. The second-order valence-corrected chi connectivity index (χ2v) is 7.36. The lowest BCUT2D eigenvalue weighted by molar-refractivity contribution is 0.173. The normalized spacial score (nSPS) is 15.9. The highest BCUT2D eigenvalue weighted by Crippen LogP contribution is 2.40. The van der Waals surface area contributed by atoms with E-state index in [0.717, 1.165) is 66.2 Å². The van der Waals surface area contributed by atoms with Crippen molar-refractivity contribution in [3.05, 3.63) is 40.6 Å². The fourth-order valence-corrected chi connectivity index (χ4v) is 3.88. The maximum absolute atomic E-state index is 5.50. The van der Waals surface area contributed by atoms with Crippen LogP contribution in [0.3, 0.4) is 0 Å². The molecule has 1 aromatic carbocycles. The van der Waals surface area contributed by atoms with Crippen molar-refractivity contribution in [1.29, 1.82) is 0 Å². The van der Waals surface area contributed by atoms with Crippen molar-refractivity contribution in [2.45, 2.75) is 13.5 Å². The van der Waals surface area contributed by atoms with Crippen LogP contribution in [-0.2, 0) is 6.54 Å². The van der Waals surface area contributed by atoms with Crippen molar-refractivity contribution in [3.8, 4) is 11.5 Å². The molecule has 1 aromatic heterocycles. The fourth-order valence-electron chi connectivity index (χ4n) is 3.28. The molecule has 10 heteroatoms. The molecular formula is C19H24BrIN6O2. The molecule has 2 aromatic rings. The third-order valence-corrected chi connectivity index (χ3v) is 5.24. The van der Waals surface area contributed by atoms with Gasteiger partial charge in [0.25, 0.3) is 0 Å². The summed E-state index contributed by atoms with van der Waals surface area (Å²) in [6.45, 7) is 7.21. The molecule has 0 atom stereocenters. The van der Waals surface area contributed by atoms with Crippen LogP contribution in [0.5, 0.6) is 11.5 Å². The quantitative estimate of drug-likeness (QED) is 0.342. The van der Waals surface area contributed by atoms with Gasteiger partial charge in [0, 0.05) is 45.1 Å². The van der Waals surface area contributed by atoms with E-state index in [1.54, 1.807) is 12.4 Å². The second kappa shape index (κ2) is 10.3. The predicted octanol–water partition coefficient (Wildman–Crippen LogP) is 2.87. The molecule has 0 unspecified atom stereocenters. The third kappa shape index (κ3) is 5.21. The number of nitrogens with zero attached hydrogens (tertiary/aromatic N) is 5. The minimum Gasteiger partial charge on any atom is -0.454 e. The largest absolute Gasteiger partial charge is 0.454 e. The topological polar surface area (TPSA) is 75.1 Å². The van der Waals surface area contributed by atoms with Crippen molar-refractivity contribution >= 4 is 51.8 Å². The number of halogens is 2. The number of nitrogens with one attached hydrogen (secondary N) is 1. The number of benzene rings is 1. The zero-order valence-corrected chi connectivity index (χ0v) is 20.1. The Hall–Kier alpha value is -1.82. The van der Waals surface area contributed by atoms with Crippen LogP contribution in [0.25, 0.3) is 0 Å². The van der Waals surface area contributed by atoms with Gasteiger partial charge in [-0.3, -0.25) is 0 Å². The number of rotatable bonds is 4. The Labute approximate surface area is 195 Å². The average molecular weight is 575 g/mol. The van der Waals surface area contributed by atoms with Gasteiger partial charge in [-0.2, -0.15) is 0 Å². The summed E-state index contributed by atoms with van der Waals surface area (Å²) >= 11 is 3.54. The highest BCUT2D eigenvalue weighted by molar-refractivity contribution is 14.0. The SMILES string of the molecule is CCNC(=NCc1cc(Br)c2c(c1)OCO2)N1CCN(c2ncccn2)CC1.I. The van der Waals surface area contributed by atoms with Crippen LogP contribution in [0.4, 0.5) is 5.95 Å². The van der Waals surface area contributed by atoms with E-state index in [9.17, 15) is 0 Å². The number of aromatic nitrogens is 2. The monoisotopic (exact) mass is 574 g/mol. The van der Waals surface area contributed by atoms with E-state index in [4.69, 9.17) is 14.5 Å². The smallest absolute Gasteiger partial charge is 0.231 e. The van der Waals surface area contributed by atoms with E-state index in [1.165, 1.54) is 0 Å². The van der Waals surface area contributed by atoms with E-state index in [-0.39, 0.29) is 30.8 Å². The molecule has 0 saturated carbocycles. The van der Waals surface area contributed by atoms with Crippen LogP contribution < -0.4 is 19.7 Å². The van der Waals surface area contributed by atoms with Crippen LogP contribution in [0.15, 0.2) is 40.1 Å². The molecule has 1 saturated heterocycles. The van der Waals surface area contributed by atoms with Gasteiger partial charge in [-0.15, -0.1) is 24.0 Å². The first-order chi connectivity index (χ1) is 13.7. The molecule has 2 aliphatic rings. The first-order valence-corrected chi connectivity index (χ1v) is 10.2. The van der Waals surface area contributed by atoms with Crippen LogP contribution >= 0.6 is 39.9 Å². The lowest BCUT2D eigenvalue weighted by Crippen LogP contribution is -2.52. The van der Waals surface area contributed by atoms with E-state index in [2.05, 4.69) is 47.9 Å². The predicted molar refractivity (Wildman–Crippen MR) is 126 cm³/mol. The Morgan fingerprint density at radius 3 is 2.66 bits per heavy atom. The molecule has 2 aliphatic heterocycles. The van der Waals surface area contributed by atoms with Gasteiger partial charge in [0.1, 0.15) is 0 Å². The van der Waals surface area contributed by atoms with Gasteiger partial charge in [-0.05, 0) is 46.6 Å². The van der Waals surface area contributed by atoms with Gasteiger partial charge >= 0.3 is 0 Å². The molecule has 1 fully saturated rings. The summed E-state index contributed by atoms with van der Waals surface area (Å²) in [4.78, 5) is 18.0. The number of aliphatic imine (C=N–C) groups is 1. The molecular weight excluding hydrogens is 551 g/mol. The number of guanidine groups is 1. The number of fused-ring (bicyclic) bond motifs is 1. The van der Waals surface area contributed by atoms with Crippen molar-refractivity contribution in [3.63, 3.8) is 0 Å². The zero-order chi connectivity index (χ0) is 19.3. The van der Waals surface area contributed by atoms with Gasteiger partial charge < -0.3 is 24.6 Å². The molecule has 156 valence electrons. The van der Waals surface area contributed by atoms with Crippen LogP contribution in [-0.4, -0.2) is 60.3 Å². The first-order valence-electron chi connectivity index (χ1n) is 9.38. The van der Waals surface area contributed by atoms with Gasteiger partial charge in [0.15, 0.2) is 17.5 Å². The maximum Gasteiger partial charge on any atom is 0.231 e. The summed E-state index contributed by atoms with van der Waals surface area (Å²) < 4.78 is 11.8. The van der Waals surface area contributed by atoms with E-state index >= 15 is 0 Å². The van der Waals surface area contributed by atoms with Crippen LogP contribution in [0.1, 0.15) is 12.5 Å². The van der Waals surface area contributed by atoms with E-state index < -0.39 is 0 Å². The second-order valence-electron chi connectivity index (χ2n) is 6.50. The fraction of sp³-hybridized carbons (Fsp3) is 0.421. The minimum atomic E-state index is 0. The summed E-state index contributed by atoms with van der Waals surface area (Å²) in [6.07, 6.45) is 3.56. The van der Waals surface area contributed by atoms with Gasteiger partial charge in [-0.25, -0.2) is 15.0 Å². The Morgan fingerprint density at radius 1 is 1.17 bits per heavy atom. The Bertz CT molecular complexity index is 846. The molecule has 0 bridgehead atoms. The zero-order valence-electron chi connectivity index (χ0n) is 16.2. The number of hydrogen-bond acceptors (Lipinski definition) is 6. The van der Waals surface area contributed by atoms with Gasteiger partial charge in [-0.1, -0.05) is 0 Å². The molecule has 0 aliphatic carbocycles. The Kier molecular flexibility index (Phi) is 7.76. The molecule has 8 nitrogen and oxygen atoms in total. The first kappa shape index (κ1) is 21.9. The highest BCUT2D eigenvalue weighted by atomic mass is 127. The van der Waals surface area contributed by atoms with Crippen LogP contribution in [0.2, 0.25) is 0 Å². The molecule has 0 radical (unpaired) electrons. The Balaban J connectivity index is 0.00000240. The van der Waals surface area contributed by atoms with E-state index in [0.29, 0.717) is 6.54 Å². The van der Waals surface area contributed by atoms with Crippen LogP contribution in [0, 0.1) is 0 Å². The van der Waals surface area contributed by atoms with Crippen molar-refractivity contribution in [1.82, 2.24) is 20.2 Å². The van der Waals surface area contributed by atoms with Crippen molar-refractivity contribution < 1.29 is 9.47 Å². The lowest BCUT2D eigenvalue weighted by Gasteiger charge is -2.36. The molecule has 4 rings (SSSR count). The average Bonchev–Trinajstić information content (AvgIpc) is 3.21. The summed E-state index contributed by atoms with van der Waals surface area (Å²) in [5.41, 5.74) is 1.07. The number of anilines is 1. The molecule has 1 N–H and O–H groups in total. The molecule has 29 heavy (non-hydrogen) atoms. The molecule has 3 heterocycles. The number of piperazine rings is 1. The summed E-state index contributed by atoms with van der Waals surface area (Å²) in [6, 6.07) is 5.86. The summed E-state index contributed by atoms with van der Waals surface area (Å²) in [7, 11) is 0. The summed E-state index contributed by atoms with van der Waals surface area (Å²) in [5.74, 6) is 3.24. The Morgan fingerprint density at radius 2 is 1.93 bits per heavy atom. The maximum atomic E-state index is 5.50. The minimum absolute atomic E-state index is 0. The summed E-state index contributed by atoms with van der Waals surface area (Å²) in [5, 5.41) is 3.40. The van der Waals surface area contributed by atoms with Gasteiger partial charge in [0.2, 0.25) is 12.7 Å². The standard InChI is InChI=1S/C19H23BrN6O2.HI/c1-2-21-18(24-12-14-10-15(20)17-16(11-14)27-13-28-17)25-6-8-26(9-7-25)19-22-4-3-5-23-19;/h3-5,10-11H,2,6-9,12-13H2,1H3,(H,21,24);1H. The highest BCUT2D eigenvalue weighted by Gasteiger charge is 2.21. The number of ether oxygens (including phenoxy) is 2. The van der Waals surface area contributed by atoms with Crippen molar-refractivity contribution in [2.75, 3.05) is 44.4 Å². The molecule has 0 spiro atoms. The van der Waals surface area contributed by atoms with E-state index in [1.807, 2.05) is 18.2 Å². The van der Waals surface area contributed by atoms with Gasteiger partial charge in [0.05, 0.1) is 11.0 Å². The number of hydrogen-bond donors (Lipinski definition) is 1. The lowest BCUT2D eigenvalue weighted by atomic mass is 10.2.